The molecule has 4 nitrogen and oxygen atoms in total. The van der Waals surface area contributed by atoms with Crippen LogP contribution >= 0.6 is 0 Å². The molecule has 4 heteroatoms. The lowest BCUT2D eigenvalue weighted by Gasteiger charge is -2.32. The van der Waals surface area contributed by atoms with E-state index in [1.807, 2.05) is 6.07 Å². The van der Waals surface area contributed by atoms with Gasteiger partial charge in [-0.1, -0.05) is 6.42 Å². The van der Waals surface area contributed by atoms with E-state index in [-0.39, 0.29) is 0 Å². The predicted octanol–water partition coefficient (Wildman–Crippen LogP) is 2.74. The van der Waals surface area contributed by atoms with Crippen molar-refractivity contribution < 1.29 is 9.47 Å². The van der Waals surface area contributed by atoms with Crippen molar-refractivity contribution in [2.75, 3.05) is 38.7 Å². The Morgan fingerprint density at radius 1 is 1.15 bits per heavy atom. The van der Waals surface area contributed by atoms with Gasteiger partial charge in [0, 0.05) is 30.8 Å². The Bertz CT molecular complexity index is 450. The van der Waals surface area contributed by atoms with Crippen LogP contribution in [0.25, 0.3) is 0 Å². The number of benzene rings is 1. The molecule has 0 amide bonds. The average Bonchev–Trinajstić information content (AvgIpc) is 2.71. The van der Waals surface area contributed by atoms with Gasteiger partial charge in [0.1, 0.15) is 0 Å². The van der Waals surface area contributed by atoms with Gasteiger partial charge in [0.2, 0.25) is 0 Å². The Labute approximate surface area is 121 Å². The van der Waals surface area contributed by atoms with Crippen LogP contribution in [-0.4, -0.2) is 44.3 Å². The standard InChI is InChI=1S/C16H24N2O2/c1-18-8-3-2-5-14(18)12-17-13-6-7-15-16(11-13)20-10-4-9-19-15/h6-7,11,14,17H,2-5,8-10,12H2,1H3. The van der Waals surface area contributed by atoms with Crippen molar-refractivity contribution in [2.45, 2.75) is 31.7 Å². The molecule has 0 aromatic heterocycles. The van der Waals surface area contributed by atoms with Crippen LogP contribution in [0.5, 0.6) is 11.5 Å². The smallest absolute Gasteiger partial charge is 0.163 e. The molecule has 1 N–H and O–H groups in total. The van der Waals surface area contributed by atoms with Crippen LogP contribution < -0.4 is 14.8 Å². The normalized spacial score (nSPS) is 23.1. The summed E-state index contributed by atoms with van der Waals surface area (Å²) in [5, 5.41) is 3.54. The van der Waals surface area contributed by atoms with E-state index in [1.165, 1.54) is 25.8 Å². The predicted molar refractivity (Wildman–Crippen MR) is 80.8 cm³/mol. The van der Waals surface area contributed by atoms with E-state index in [4.69, 9.17) is 9.47 Å². The summed E-state index contributed by atoms with van der Waals surface area (Å²) in [4.78, 5) is 2.46. The van der Waals surface area contributed by atoms with Gasteiger partial charge < -0.3 is 19.7 Å². The third-order valence-corrected chi connectivity index (χ3v) is 4.21. The van der Waals surface area contributed by atoms with Crippen molar-refractivity contribution in [3.05, 3.63) is 18.2 Å². The maximum atomic E-state index is 5.73. The van der Waals surface area contributed by atoms with E-state index in [0.717, 1.165) is 43.4 Å². The molecule has 1 unspecified atom stereocenters. The van der Waals surface area contributed by atoms with Crippen LogP contribution in [0.4, 0.5) is 5.69 Å². The highest BCUT2D eigenvalue weighted by Crippen LogP contribution is 2.32. The van der Waals surface area contributed by atoms with Gasteiger partial charge >= 0.3 is 0 Å². The fourth-order valence-corrected chi connectivity index (χ4v) is 2.91. The highest BCUT2D eigenvalue weighted by atomic mass is 16.5. The fourth-order valence-electron chi connectivity index (χ4n) is 2.91. The lowest BCUT2D eigenvalue weighted by molar-refractivity contribution is 0.194. The molecule has 0 radical (unpaired) electrons. The van der Waals surface area contributed by atoms with Crippen LogP contribution in [-0.2, 0) is 0 Å². The Balaban J connectivity index is 1.61. The third kappa shape index (κ3) is 3.18. The summed E-state index contributed by atoms with van der Waals surface area (Å²) in [6.07, 6.45) is 4.91. The van der Waals surface area contributed by atoms with E-state index >= 15 is 0 Å². The van der Waals surface area contributed by atoms with Gasteiger partial charge in [-0.25, -0.2) is 0 Å². The Morgan fingerprint density at radius 3 is 2.85 bits per heavy atom. The molecule has 2 heterocycles. The summed E-state index contributed by atoms with van der Waals surface area (Å²) >= 11 is 0. The first-order valence-corrected chi connectivity index (χ1v) is 7.67. The van der Waals surface area contributed by atoms with Gasteiger partial charge in [-0.05, 0) is 38.6 Å². The van der Waals surface area contributed by atoms with Gasteiger partial charge in [0.15, 0.2) is 11.5 Å². The molecule has 0 saturated carbocycles. The molecule has 0 aliphatic carbocycles. The van der Waals surface area contributed by atoms with E-state index in [9.17, 15) is 0 Å². The maximum Gasteiger partial charge on any atom is 0.163 e. The molecule has 2 aliphatic rings. The molecule has 0 spiro atoms. The van der Waals surface area contributed by atoms with Crippen molar-refractivity contribution in [2.24, 2.45) is 0 Å². The van der Waals surface area contributed by atoms with E-state index < -0.39 is 0 Å². The second kappa shape index (κ2) is 6.35. The zero-order valence-electron chi connectivity index (χ0n) is 12.2. The van der Waals surface area contributed by atoms with Gasteiger partial charge in [-0.2, -0.15) is 0 Å². The minimum absolute atomic E-state index is 0.639. The zero-order chi connectivity index (χ0) is 13.8. The largest absolute Gasteiger partial charge is 0.490 e. The molecule has 1 saturated heterocycles. The van der Waals surface area contributed by atoms with E-state index in [0.29, 0.717) is 6.04 Å². The molecular weight excluding hydrogens is 252 g/mol. The highest BCUT2D eigenvalue weighted by molar-refractivity contribution is 5.55. The summed E-state index contributed by atoms with van der Waals surface area (Å²) in [6.45, 7) is 3.69. The minimum Gasteiger partial charge on any atom is -0.490 e. The van der Waals surface area contributed by atoms with Crippen LogP contribution in [0.3, 0.4) is 0 Å². The molecule has 1 aromatic carbocycles. The number of likely N-dealkylation sites (tertiary alicyclic amines) is 1. The first-order valence-electron chi connectivity index (χ1n) is 7.67. The number of ether oxygens (including phenoxy) is 2. The monoisotopic (exact) mass is 276 g/mol. The van der Waals surface area contributed by atoms with Crippen LogP contribution in [0.1, 0.15) is 25.7 Å². The van der Waals surface area contributed by atoms with Gasteiger partial charge in [0.25, 0.3) is 0 Å². The number of likely N-dealkylation sites (N-methyl/N-ethyl adjacent to an activating group) is 1. The van der Waals surface area contributed by atoms with Crippen molar-refractivity contribution >= 4 is 5.69 Å². The number of fused-ring (bicyclic) bond motifs is 1. The number of anilines is 1. The number of nitrogens with zero attached hydrogens (tertiary/aromatic N) is 1. The fraction of sp³-hybridized carbons (Fsp3) is 0.625. The first-order chi connectivity index (χ1) is 9.83. The topological polar surface area (TPSA) is 33.7 Å². The van der Waals surface area contributed by atoms with Crippen molar-refractivity contribution in [1.82, 2.24) is 4.90 Å². The molecule has 1 atom stereocenters. The summed E-state index contributed by atoms with van der Waals surface area (Å²) in [6, 6.07) is 6.78. The number of piperidine rings is 1. The highest BCUT2D eigenvalue weighted by Gasteiger charge is 2.18. The van der Waals surface area contributed by atoms with Crippen LogP contribution in [0, 0.1) is 0 Å². The second-order valence-corrected chi connectivity index (χ2v) is 5.72. The third-order valence-electron chi connectivity index (χ3n) is 4.21. The molecule has 0 bridgehead atoms. The zero-order valence-corrected chi connectivity index (χ0v) is 12.2. The SMILES string of the molecule is CN1CCCCC1CNc1ccc2c(c1)OCCCO2. The molecule has 1 fully saturated rings. The van der Waals surface area contributed by atoms with Crippen molar-refractivity contribution in [3.8, 4) is 11.5 Å². The van der Waals surface area contributed by atoms with Gasteiger partial charge in [-0.15, -0.1) is 0 Å². The summed E-state index contributed by atoms with van der Waals surface area (Å²) in [5.74, 6) is 1.73. The Morgan fingerprint density at radius 2 is 2.00 bits per heavy atom. The van der Waals surface area contributed by atoms with Crippen LogP contribution in [0.2, 0.25) is 0 Å². The molecular formula is C16H24N2O2. The number of rotatable bonds is 3. The minimum atomic E-state index is 0.639. The number of hydrogen-bond donors (Lipinski definition) is 1. The van der Waals surface area contributed by atoms with Crippen molar-refractivity contribution in [1.29, 1.82) is 0 Å². The van der Waals surface area contributed by atoms with E-state index in [2.05, 4.69) is 29.4 Å². The molecule has 110 valence electrons. The van der Waals surface area contributed by atoms with Crippen molar-refractivity contribution in [3.63, 3.8) is 0 Å². The maximum absolute atomic E-state index is 5.73. The molecule has 3 rings (SSSR count). The quantitative estimate of drug-likeness (QED) is 0.920. The second-order valence-electron chi connectivity index (χ2n) is 5.72. The van der Waals surface area contributed by atoms with E-state index in [1.54, 1.807) is 0 Å². The van der Waals surface area contributed by atoms with Gasteiger partial charge in [0.05, 0.1) is 13.2 Å². The number of nitrogens with one attached hydrogen (secondary N) is 1. The Hall–Kier alpha value is -1.42. The molecule has 2 aliphatic heterocycles. The first kappa shape index (κ1) is 13.6. The Kier molecular flexibility index (Phi) is 4.31. The number of hydrogen-bond acceptors (Lipinski definition) is 4. The van der Waals surface area contributed by atoms with Gasteiger partial charge in [-0.3, -0.25) is 0 Å². The lowest BCUT2D eigenvalue weighted by Crippen LogP contribution is -2.40. The summed E-state index contributed by atoms with van der Waals surface area (Å²) < 4.78 is 11.4. The van der Waals surface area contributed by atoms with Crippen LogP contribution in [0.15, 0.2) is 18.2 Å². The molecule has 1 aromatic rings. The lowest BCUT2D eigenvalue weighted by atomic mass is 10.0. The molecule has 20 heavy (non-hydrogen) atoms. The summed E-state index contributed by atoms with van der Waals surface area (Å²) in [5.41, 5.74) is 1.12. The average molecular weight is 276 g/mol. The summed E-state index contributed by atoms with van der Waals surface area (Å²) in [7, 11) is 2.22.